The van der Waals surface area contributed by atoms with Crippen molar-refractivity contribution in [3.8, 4) is 33.8 Å². The van der Waals surface area contributed by atoms with Crippen LogP contribution in [0.25, 0.3) is 55.7 Å². The second-order valence-electron chi connectivity index (χ2n) is 20.6. The van der Waals surface area contributed by atoms with Crippen molar-refractivity contribution in [2.45, 2.75) is 126 Å². The van der Waals surface area contributed by atoms with Crippen LogP contribution < -0.4 is 0 Å². The molecular weight excluding hydrogens is 1030 g/mol. The van der Waals surface area contributed by atoms with Crippen LogP contribution in [0.1, 0.15) is 155 Å². The molecule has 348 valence electrons. The molecule has 6 aliphatic rings. The van der Waals surface area contributed by atoms with E-state index in [1.807, 2.05) is 74.8 Å². The molecule has 2 fully saturated rings. The molecule has 0 amide bonds. The van der Waals surface area contributed by atoms with Crippen LogP contribution in [0.3, 0.4) is 0 Å². The Bertz CT molecular complexity index is 3590. The summed E-state index contributed by atoms with van der Waals surface area (Å²) < 4.78 is 82.9. The van der Waals surface area contributed by atoms with Crippen molar-refractivity contribution >= 4 is 21.9 Å². The molecule has 5 aromatic carbocycles. The molecule has 9 aromatic rings. The average molecular weight is 1100 g/mol. The number of para-hydroxylation sites is 1. The Balaban J connectivity index is 0.00000609. The first-order chi connectivity index (χ1) is 36.9. The van der Waals surface area contributed by atoms with E-state index in [0.717, 1.165) is 44.6 Å². The van der Waals surface area contributed by atoms with Crippen molar-refractivity contribution in [2.75, 3.05) is 0 Å². The Labute approximate surface area is 438 Å². The third-order valence-corrected chi connectivity index (χ3v) is 15.8. The Hall–Kier alpha value is -6.00. The van der Waals surface area contributed by atoms with Gasteiger partial charge in [0.15, 0.2) is 5.58 Å². The van der Waals surface area contributed by atoms with Crippen LogP contribution in [0.4, 0.5) is 0 Å². The largest absolute Gasteiger partial charge is 3.00 e. The molecule has 15 rings (SSSR count). The first-order valence-electron chi connectivity index (χ1n) is 28.9. The van der Waals surface area contributed by atoms with Gasteiger partial charge in [-0.1, -0.05) is 81.2 Å². The number of aromatic nitrogens is 3. The van der Waals surface area contributed by atoms with Crippen LogP contribution in [-0.4, -0.2) is 15.0 Å². The summed E-state index contributed by atoms with van der Waals surface area (Å²) in [6.07, 6.45) is 4.77. The molecule has 0 saturated heterocycles. The number of nitrogens with zero attached hydrogens (tertiary/aromatic N) is 3. The second-order valence-corrected chi connectivity index (χ2v) is 20.6. The zero-order valence-electron chi connectivity index (χ0n) is 47.5. The van der Waals surface area contributed by atoms with Gasteiger partial charge < -0.3 is 19.4 Å². The van der Waals surface area contributed by atoms with E-state index < -0.39 is 30.9 Å². The SMILES string of the molecule is [2H]C([2H])(c1c[c-]c(-c2cc3c(cn2)C2CCC3CC2)cc1)C([2H])([2H])c1cc(CC(C)(C)c2c[c-]c(-c3cc4c(cn3)oc3ccccc34)cc2)cc(C([2H])([2H])C([2H])([2H])c2c[c-]c(-c3cc4c(cn3)C3CCC4CC3)cc2)c1.[Ir+3]. The molecule has 4 bridgehead atoms. The summed E-state index contributed by atoms with van der Waals surface area (Å²) in [6.45, 7) is 4.09. The summed E-state index contributed by atoms with van der Waals surface area (Å²) in [6, 6.07) is 44.2. The number of furan rings is 1. The van der Waals surface area contributed by atoms with Gasteiger partial charge in [-0.3, -0.25) is 0 Å². The molecule has 4 nitrogen and oxygen atoms in total. The standard InChI is InChI=1S/C65H58N3O.Ir/c1-65(2,53-29-27-52(28-30-53)62-36-57-54-5-3-4-6-63(54)69-64(57)40-68-62)37-45-32-43(9-7-41-11-15-50(16-12-41)60-34-55-46-19-23-48(24-20-46)58(55)38-66-60)31-44(33-45)10-8-42-13-17-51(18-14-42)61-35-56-47-21-25-49(26-22-47)59(56)39-67-61;/h3-6,11-15,17,27,29-36,38-40,46-49H,7-10,19-26,37H2,1-2H3;/q-3;+3/i7D2,8D2,9D2,10D2;. The number of hydrogen-bond acceptors (Lipinski definition) is 4. The Kier molecular flexibility index (Phi) is 9.82. The number of benzene rings is 5. The van der Waals surface area contributed by atoms with Crippen molar-refractivity contribution in [2.24, 2.45) is 0 Å². The van der Waals surface area contributed by atoms with Crippen molar-refractivity contribution in [1.82, 2.24) is 15.0 Å². The smallest absolute Gasteiger partial charge is 0.455 e. The van der Waals surface area contributed by atoms with Crippen LogP contribution in [0.15, 0.2) is 138 Å². The van der Waals surface area contributed by atoms with Gasteiger partial charge >= 0.3 is 20.1 Å². The predicted molar refractivity (Wildman–Crippen MR) is 279 cm³/mol. The number of fused-ring (bicyclic) bond motifs is 7. The minimum atomic E-state index is -2.73. The van der Waals surface area contributed by atoms with Crippen LogP contribution in [0.5, 0.6) is 0 Å². The van der Waals surface area contributed by atoms with Crippen LogP contribution >= 0.6 is 0 Å². The van der Waals surface area contributed by atoms with Gasteiger partial charge in [0.1, 0.15) is 5.58 Å². The van der Waals surface area contributed by atoms with Gasteiger partial charge in [-0.25, -0.2) is 0 Å². The number of hydrogen-bond donors (Lipinski definition) is 0. The Morgan fingerprint density at radius 3 is 1.49 bits per heavy atom. The van der Waals surface area contributed by atoms with Gasteiger partial charge in [0, 0.05) is 34.1 Å². The number of rotatable bonds is 12. The molecule has 70 heavy (non-hydrogen) atoms. The molecule has 4 aromatic heterocycles. The molecule has 2 saturated carbocycles. The van der Waals surface area contributed by atoms with Crippen molar-refractivity contribution < 1.29 is 35.5 Å². The topological polar surface area (TPSA) is 51.8 Å². The first kappa shape index (κ1) is 36.9. The quantitative estimate of drug-likeness (QED) is 0.114. The summed E-state index contributed by atoms with van der Waals surface area (Å²) in [4.78, 5) is 14.3. The molecule has 6 aliphatic carbocycles. The van der Waals surface area contributed by atoms with Crippen molar-refractivity contribution in [3.05, 3.63) is 208 Å². The van der Waals surface area contributed by atoms with E-state index in [1.54, 1.807) is 42.6 Å². The summed E-state index contributed by atoms with van der Waals surface area (Å²) in [7, 11) is 0. The average Bonchev–Trinajstić information content (AvgIpc) is 3.84. The second kappa shape index (κ2) is 18.6. The molecule has 5 heteroatoms. The number of aryl methyl sites for hydroxylation is 4. The van der Waals surface area contributed by atoms with E-state index >= 15 is 0 Å². The molecule has 0 atom stereocenters. The van der Waals surface area contributed by atoms with Crippen LogP contribution in [-0.2, 0) is 57.4 Å². The van der Waals surface area contributed by atoms with Gasteiger partial charge in [0.25, 0.3) is 0 Å². The number of pyridine rings is 3. The van der Waals surface area contributed by atoms with E-state index in [0.29, 0.717) is 45.9 Å². The van der Waals surface area contributed by atoms with Crippen molar-refractivity contribution in [3.63, 3.8) is 0 Å². The van der Waals surface area contributed by atoms with Gasteiger partial charge in [-0.05, 0) is 162 Å². The molecule has 0 N–H and O–H groups in total. The van der Waals surface area contributed by atoms with E-state index in [1.165, 1.54) is 91.8 Å². The van der Waals surface area contributed by atoms with Crippen LogP contribution in [0, 0.1) is 18.2 Å². The maximum atomic E-state index is 9.69. The Morgan fingerprint density at radius 1 is 0.486 bits per heavy atom. The fourth-order valence-electron chi connectivity index (χ4n) is 12.0. The molecule has 0 aliphatic heterocycles. The van der Waals surface area contributed by atoms with Crippen LogP contribution in [0.2, 0.25) is 0 Å². The fourth-order valence-corrected chi connectivity index (χ4v) is 12.0. The van der Waals surface area contributed by atoms with E-state index in [4.69, 9.17) is 19.4 Å². The summed E-state index contributed by atoms with van der Waals surface area (Å²) in [5, 5.41) is 1.96. The van der Waals surface area contributed by atoms with Gasteiger partial charge in [0.2, 0.25) is 0 Å². The normalized spacial score (nSPS) is 21.5. The molecule has 0 unspecified atom stereocenters. The van der Waals surface area contributed by atoms with Gasteiger partial charge in [0.05, 0.1) is 6.20 Å². The minimum Gasteiger partial charge on any atom is -0.455 e. The third kappa shape index (κ3) is 8.68. The summed E-state index contributed by atoms with van der Waals surface area (Å²) in [5.74, 6) is 2.15. The first-order valence-corrected chi connectivity index (χ1v) is 24.9. The minimum absolute atomic E-state index is 0. The van der Waals surface area contributed by atoms with Gasteiger partial charge in [-0.15, -0.1) is 106 Å². The zero-order chi connectivity index (χ0) is 53.2. The van der Waals surface area contributed by atoms with E-state index in [9.17, 15) is 11.0 Å². The zero-order valence-corrected chi connectivity index (χ0v) is 41.9. The maximum Gasteiger partial charge on any atom is 3.00 e. The molecule has 0 radical (unpaired) electrons. The molecular formula is C65H58IrN3O. The predicted octanol–water partition coefficient (Wildman–Crippen LogP) is 15.8. The maximum absolute atomic E-state index is 9.69. The monoisotopic (exact) mass is 1100 g/mol. The molecule has 4 heterocycles. The fraction of sp³-hybridized carbons (Fsp3) is 0.308. The third-order valence-electron chi connectivity index (χ3n) is 15.8. The van der Waals surface area contributed by atoms with Crippen molar-refractivity contribution in [1.29, 1.82) is 0 Å². The summed E-state index contributed by atoms with van der Waals surface area (Å²) >= 11 is 0. The van der Waals surface area contributed by atoms with E-state index in [2.05, 4.69) is 30.3 Å². The molecule has 0 spiro atoms. The van der Waals surface area contributed by atoms with E-state index in [-0.39, 0.29) is 48.8 Å². The summed E-state index contributed by atoms with van der Waals surface area (Å²) in [5.41, 5.74) is 12.0. The Morgan fingerprint density at radius 2 is 0.957 bits per heavy atom. The van der Waals surface area contributed by atoms with Gasteiger partial charge in [-0.2, -0.15) is 0 Å².